The van der Waals surface area contributed by atoms with E-state index in [0.29, 0.717) is 5.69 Å². The van der Waals surface area contributed by atoms with Crippen molar-refractivity contribution in [1.29, 1.82) is 0 Å². The lowest BCUT2D eigenvalue weighted by molar-refractivity contribution is 0.276. The lowest BCUT2D eigenvalue weighted by Crippen LogP contribution is -2.34. The summed E-state index contributed by atoms with van der Waals surface area (Å²) in [5.74, 6) is 1.81. The van der Waals surface area contributed by atoms with Crippen LogP contribution in [0.1, 0.15) is 31.9 Å². The zero-order chi connectivity index (χ0) is 11.4. The van der Waals surface area contributed by atoms with Gasteiger partial charge in [-0.25, -0.2) is 4.98 Å². The molecule has 88 valence electrons. The molecular formula is C12H19N3O. The summed E-state index contributed by atoms with van der Waals surface area (Å²) >= 11 is 0. The summed E-state index contributed by atoms with van der Waals surface area (Å²) in [6.07, 6.45) is 7.20. The second-order valence-electron chi connectivity index (χ2n) is 4.36. The minimum Gasteiger partial charge on any atom is -0.390 e. The average Bonchev–Trinajstić information content (AvgIpc) is 2.39. The zero-order valence-corrected chi connectivity index (χ0v) is 9.76. The largest absolute Gasteiger partial charge is 0.390 e. The first-order chi connectivity index (χ1) is 7.83. The fraction of sp³-hybridized carbons (Fsp3) is 0.667. The Morgan fingerprint density at radius 1 is 1.31 bits per heavy atom. The number of anilines is 1. The molecule has 0 unspecified atom stereocenters. The number of aliphatic hydroxyl groups is 1. The van der Waals surface area contributed by atoms with Crippen LogP contribution in [0.15, 0.2) is 12.4 Å². The summed E-state index contributed by atoms with van der Waals surface area (Å²) in [7, 11) is 0. The molecule has 16 heavy (non-hydrogen) atoms. The highest BCUT2D eigenvalue weighted by Crippen LogP contribution is 2.23. The van der Waals surface area contributed by atoms with Gasteiger partial charge >= 0.3 is 0 Å². The quantitative estimate of drug-likeness (QED) is 0.842. The molecule has 1 aliphatic rings. The molecule has 1 aliphatic heterocycles. The van der Waals surface area contributed by atoms with Crippen LogP contribution in [-0.4, -0.2) is 28.2 Å². The van der Waals surface area contributed by atoms with Crippen molar-refractivity contribution in [1.82, 2.24) is 9.97 Å². The van der Waals surface area contributed by atoms with E-state index in [0.717, 1.165) is 24.8 Å². The SMILES string of the molecule is CCC1CCN(c2cnc(CO)cn2)CC1. The molecule has 1 N–H and O–H groups in total. The minimum atomic E-state index is -0.0365. The van der Waals surface area contributed by atoms with Gasteiger partial charge in [0.15, 0.2) is 0 Å². The van der Waals surface area contributed by atoms with Gasteiger partial charge in [-0.05, 0) is 18.8 Å². The standard InChI is InChI=1S/C12H19N3O/c1-2-10-3-5-15(6-4-10)12-8-13-11(9-16)7-14-12/h7-8,10,16H,2-6,9H2,1H3. The highest BCUT2D eigenvalue weighted by atomic mass is 16.3. The molecule has 4 nitrogen and oxygen atoms in total. The summed E-state index contributed by atoms with van der Waals surface area (Å²) in [5.41, 5.74) is 0.632. The highest BCUT2D eigenvalue weighted by Gasteiger charge is 2.18. The first-order valence-electron chi connectivity index (χ1n) is 6.00. The Labute approximate surface area is 96.3 Å². The van der Waals surface area contributed by atoms with Gasteiger partial charge < -0.3 is 10.0 Å². The Morgan fingerprint density at radius 2 is 2.06 bits per heavy atom. The molecule has 4 heteroatoms. The van der Waals surface area contributed by atoms with Crippen molar-refractivity contribution in [2.75, 3.05) is 18.0 Å². The molecule has 0 aromatic carbocycles. The Hall–Kier alpha value is -1.16. The summed E-state index contributed by atoms with van der Waals surface area (Å²) in [5, 5.41) is 8.89. The molecule has 0 radical (unpaired) electrons. The average molecular weight is 221 g/mol. The van der Waals surface area contributed by atoms with Crippen molar-refractivity contribution in [2.45, 2.75) is 32.8 Å². The molecule has 1 saturated heterocycles. The Bertz CT molecular complexity index is 318. The van der Waals surface area contributed by atoms with E-state index >= 15 is 0 Å². The predicted octanol–water partition coefficient (Wildman–Crippen LogP) is 1.60. The molecule has 1 fully saturated rings. The zero-order valence-electron chi connectivity index (χ0n) is 9.76. The molecule has 2 rings (SSSR count). The summed E-state index contributed by atoms with van der Waals surface area (Å²) in [6.45, 7) is 4.37. The van der Waals surface area contributed by atoms with Crippen molar-refractivity contribution in [3.05, 3.63) is 18.1 Å². The van der Waals surface area contributed by atoms with Gasteiger partial charge in [0, 0.05) is 13.1 Å². The Kier molecular flexibility index (Phi) is 3.72. The Balaban J connectivity index is 1.97. The van der Waals surface area contributed by atoms with E-state index in [4.69, 9.17) is 5.11 Å². The van der Waals surface area contributed by atoms with E-state index in [1.807, 2.05) is 0 Å². The topological polar surface area (TPSA) is 49.2 Å². The van der Waals surface area contributed by atoms with Gasteiger partial charge in [-0.1, -0.05) is 13.3 Å². The van der Waals surface area contributed by atoms with Crippen LogP contribution in [0, 0.1) is 5.92 Å². The van der Waals surface area contributed by atoms with Crippen LogP contribution in [0.5, 0.6) is 0 Å². The van der Waals surface area contributed by atoms with Crippen LogP contribution in [0.3, 0.4) is 0 Å². The lowest BCUT2D eigenvalue weighted by Gasteiger charge is -2.32. The minimum absolute atomic E-state index is 0.0365. The monoisotopic (exact) mass is 221 g/mol. The smallest absolute Gasteiger partial charge is 0.147 e. The molecule has 0 saturated carbocycles. The fourth-order valence-corrected chi connectivity index (χ4v) is 2.16. The molecule has 0 aliphatic carbocycles. The third-order valence-electron chi connectivity index (χ3n) is 3.37. The van der Waals surface area contributed by atoms with Crippen molar-refractivity contribution in [2.24, 2.45) is 5.92 Å². The van der Waals surface area contributed by atoms with Gasteiger partial charge in [0.05, 0.1) is 24.7 Å². The van der Waals surface area contributed by atoms with Gasteiger partial charge in [0.25, 0.3) is 0 Å². The number of piperidine rings is 1. The van der Waals surface area contributed by atoms with Gasteiger partial charge in [-0.15, -0.1) is 0 Å². The van der Waals surface area contributed by atoms with Gasteiger partial charge in [-0.3, -0.25) is 4.98 Å². The maximum Gasteiger partial charge on any atom is 0.147 e. The molecule has 1 aromatic heterocycles. The van der Waals surface area contributed by atoms with Gasteiger partial charge in [0.2, 0.25) is 0 Å². The first-order valence-corrected chi connectivity index (χ1v) is 6.00. The van der Waals surface area contributed by atoms with Crippen molar-refractivity contribution in [3.63, 3.8) is 0 Å². The predicted molar refractivity (Wildman–Crippen MR) is 63.2 cm³/mol. The van der Waals surface area contributed by atoms with Crippen LogP contribution in [0.25, 0.3) is 0 Å². The highest BCUT2D eigenvalue weighted by molar-refractivity contribution is 5.36. The molecule has 2 heterocycles. The number of hydrogen-bond acceptors (Lipinski definition) is 4. The number of nitrogens with zero attached hydrogens (tertiary/aromatic N) is 3. The van der Waals surface area contributed by atoms with Crippen LogP contribution < -0.4 is 4.90 Å². The third kappa shape index (κ3) is 2.50. The maximum absolute atomic E-state index is 8.89. The second-order valence-corrected chi connectivity index (χ2v) is 4.36. The van der Waals surface area contributed by atoms with Crippen molar-refractivity contribution < 1.29 is 5.11 Å². The second kappa shape index (κ2) is 5.25. The lowest BCUT2D eigenvalue weighted by atomic mass is 9.94. The van der Waals surface area contributed by atoms with Gasteiger partial charge in [0.1, 0.15) is 5.82 Å². The molecule has 0 atom stereocenters. The van der Waals surface area contributed by atoms with Crippen LogP contribution in [0.2, 0.25) is 0 Å². The normalized spacial score (nSPS) is 17.8. The van der Waals surface area contributed by atoms with Gasteiger partial charge in [-0.2, -0.15) is 0 Å². The van der Waals surface area contributed by atoms with Crippen LogP contribution in [0.4, 0.5) is 5.82 Å². The van der Waals surface area contributed by atoms with E-state index in [2.05, 4.69) is 21.8 Å². The van der Waals surface area contributed by atoms with Crippen LogP contribution >= 0.6 is 0 Å². The summed E-state index contributed by atoms with van der Waals surface area (Å²) in [6, 6.07) is 0. The number of rotatable bonds is 3. The molecule has 1 aromatic rings. The maximum atomic E-state index is 8.89. The van der Waals surface area contributed by atoms with E-state index in [-0.39, 0.29) is 6.61 Å². The number of aliphatic hydroxyl groups excluding tert-OH is 1. The number of hydrogen-bond donors (Lipinski definition) is 1. The van der Waals surface area contributed by atoms with Crippen molar-refractivity contribution in [3.8, 4) is 0 Å². The van der Waals surface area contributed by atoms with E-state index in [9.17, 15) is 0 Å². The first kappa shape index (κ1) is 11.3. The molecule has 0 bridgehead atoms. The Morgan fingerprint density at radius 3 is 2.56 bits per heavy atom. The summed E-state index contributed by atoms with van der Waals surface area (Å²) in [4.78, 5) is 10.8. The molecular weight excluding hydrogens is 202 g/mol. The van der Waals surface area contributed by atoms with E-state index in [1.165, 1.54) is 19.3 Å². The van der Waals surface area contributed by atoms with Crippen molar-refractivity contribution >= 4 is 5.82 Å². The molecule has 0 amide bonds. The number of aromatic nitrogens is 2. The summed E-state index contributed by atoms with van der Waals surface area (Å²) < 4.78 is 0. The van der Waals surface area contributed by atoms with Crippen LogP contribution in [-0.2, 0) is 6.61 Å². The van der Waals surface area contributed by atoms with E-state index in [1.54, 1.807) is 12.4 Å². The molecule has 0 spiro atoms. The third-order valence-corrected chi connectivity index (χ3v) is 3.37. The van der Waals surface area contributed by atoms with E-state index < -0.39 is 0 Å². The fourth-order valence-electron chi connectivity index (χ4n) is 2.16.